The van der Waals surface area contributed by atoms with Crippen LogP contribution in [-0.2, 0) is 10.8 Å². The van der Waals surface area contributed by atoms with Gasteiger partial charge in [-0.05, 0) is 112 Å². The van der Waals surface area contributed by atoms with Crippen molar-refractivity contribution < 1.29 is 0 Å². The molecule has 11 rings (SSSR count). The topological polar surface area (TPSA) is 36.2 Å². The third-order valence-corrected chi connectivity index (χ3v) is 13.6. The van der Waals surface area contributed by atoms with Gasteiger partial charge in [0.1, 0.15) is 0 Å². The van der Waals surface area contributed by atoms with E-state index in [4.69, 9.17) is 4.99 Å². The standard InChI is InChI=1S/C60H46N2/c1-59(2)51-26-13-12-24-48(51)58-50(25-15-27-52(58)59)55(61)36-56(62-37-38-16-6-5-7-17-38)47-32-31-43(45-22-10-11-23-46(45)47)42-20-14-19-40(34-42)41-28-30-49-54(35-41)60(3,4)53-33-29-39-18-8-9-21-44(39)57(49)53/h5-37,61H,1-4H3/b56-36-,61-55?,62-37?. The fourth-order valence-electron chi connectivity index (χ4n) is 10.4. The molecular weight excluding hydrogens is 749 g/mol. The smallest absolute Gasteiger partial charge is 0.0729 e. The summed E-state index contributed by atoms with van der Waals surface area (Å²) < 4.78 is 0. The van der Waals surface area contributed by atoms with Crippen molar-refractivity contribution in [3.63, 3.8) is 0 Å². The second-order valence-corrected chi connectivity index (χ2v) is 17.9. The van der Waals surface area contributed by atoms with Crippen LogP contribution >= 0.6 is 0 Å². The van der Waals surface area contributed by atoms with Crippen LogP contribution in [0.3, 0.4) is 0 Å². The molecule has 0 fully saturated rings. The molecule has 0 heterocycles. The van der Waals surface area contributed by atoms with Gasteiger partial charge in [0.15, 0.2) is 0 Å². The normalized spacial score (nSPS) is 14.5. The van der Waals surface area contributed by atoms with Crippen LogP contribution in [-0.4, -0.2) is 11.9 Å². The summed E-state index contributed by atoms with van der Waals surface area (Å²) in [6, 6.07) is 67.7. The number of fused-ring (bicyclic) bond motifs is 9. The van der Waals surface area contributed by atoms with Crippen molar-refractivity contribution in [3.05, 3.63) is 233 Å². The highest BCUT2D eigenvalue weighted by atomic mass is 14.7. The lowest BCUT2D eigenvalue weighted by Gasteiger charge is -2.22. The van der Waals surface area contributed by atoms with Crippen LogP contribution in [0.25, 0.3) is 71.7 Å². The predicted octanol–water partition coefficient (Wildman–Crippen LogP) is 15.5. The van der Waals surface area contributed by atoms with E-state index in [0.717, 1.165) is 49.9 Å². The summed E-state index contributed by atoms with van der Waals surface area (Å²) in [6.07, 6.45) is 3.87. The lowest BCUT2D eigenvalue weighted by atomic mass is 9.81. The summed E-state index contributed by atoms with van der Waals surface area (Å²) in [5.74, 6) is 0. The van der Waals surface area contributed by atoms with Gasteiger partial charge < -0.3 is 5.41 Å². The second kappa shape index (κ2) is 14.4. The van der Waals surface area contributed by atoms with E-state index in [9.17, 15) is 5.41 Å². The van der Waals surface area contributed by atoms with Gasteiger partial charge in [-0.1, -0.05) is 204 Å². The van der Waals surface area contributed by atoms with Crippen molar-refractivity contribution in [1.29, 1.82) is 5.41 Å². The lowest BCUT2D eigenvalue weighted by molar-refractivity contribution is 0.660. The fourth-order valence-corrected chi connectivity index (χ4v) is 10.4. The molecule has 9 aromatic rings. The largest absolute Gasteiger partial charge is 0.300 e. The number of benzene rings is 9. The summed E-state index contributed by atoms with van der Waals surface area (Å²) in [7, 11) is 0. The Hall–Kier alpha value is -7.42. The number of nitrogens with zero attached hydrogens (tertiary/aromatic N) is 1. The predicted molar refractivity (Wildman–Crippen MR) is 263 cm³/mol. The Bertz CT molecular complexity index is 3360. The summed E-state index contributed by atoms with van der Waals surface area (Å²) in [6.45, 7) is 9.29. The highest BCUT2D eigenvalue weighted by molar-refractivity contribution is 6.17. The van der Waals surface area contributed by atoms with E-state index < -0.39 is 0 Å². The van der Waals surface area contributed by atoms with Gasteiger partial charge in [0.2, 0.25) is 0 Å². The Morgan fingerprint density at radius 2 is 1.06 bits per heavy atom. The molecule has 0 unspecified atom stereocenters. The third kappa shape index (κ3) is 5.93. The van der Waals surface area contributed by atoms with Crippen LogP contribution in [0.4, 0.5) is 0 Å². The highest BCUT2D eigenvalue weighted by Gasteiger charge is 2.38. The van der Waals surface area contributed by atoms with Crippen molar-refractivity contribution in [2.45, 2.75) is 38.5 Å². The quantitative estimate of drug-likeness (QED) is 0.156. The molecule has 0 radical (unpaired) electrons. The minimum absolute atomic E-state index is 0.111. The van der Waals surface area contributed by atoms with E-state index >= 15 is 0 Å². The van der Waals surface area contributed by atoms with Gasteiger partial charge >= 0.3 is 0 Å². The second-order valence-electron chi connectivity index (χ2n) is 17.9. The molecule has 0 aliphatic heterocycles. The SMILES string of the molecule is CC1(C)c2ccccc2-c2c(C(=N)/C=C(\N=Cc3ccccc3)c3ccc(-c4cccc(-c5ccc6c(c5)C(C)(C)c5ccc7ccccc7c5-6)c4)c4ccccc34)cccc21. The molecule has 0 amide bonds. The molecule has 2 nitrogen and oxygen atoms in total. The zero-order chi connectivity index (χ0) is 42.2. The molecule has 0 atom stereocenters. The van der Waals surface area contributed by atoms with E-state index in [1.165, 1.54) is 60.8 Å². The van der Waals surface area contributed by atoms with Crippen molar-refractivity contribution in [2.24, 2.45) is 4.99 Å². The van der Waals surface area contributed by atoms with Gasteiger partial charge in [-0.2, -0.15) is 0 Å². The van der Waals surface area contributed by atoms with E-state index in [2.05, 4.69) is 198 Å². The first-order valence-corrected chi connectivity index (χ1v) is 21.6. The first-order valence-electron chi connectivity index (χ1n) is 21.6. The molecule has 2 aliphatic carbocycles. The minimum atomic E-state index is -0.151. The molecule has 0 bridgehead atoms. The number of rotatable bonds is 7. The number of allylic oxidation sites excluding steroid dienone is 1. The number of aliphatic imine (C=N–C) groups is 1. The van der Waals surface area contributed by atoms with Gasteiger partial charge in [-0.15, -0.1) is 0 Å². The highest BCUT2D eigenvalue weighted by Crippen LogP contribution is 2.53. The van der Waals surface area contributed by atoms with Gasteiger partial charge in [0.25, 0.3) is 0 Å². The van der Waals surface area contributed by atoms with E-state index in [1.807, 2.05) is 30.5 Å². The van der Waals surface area contributed by atoms with Gasteiger partial charge in [-0.3, -0.25) is 4.99 Å². The molecule has 2 aliphatic rings. The van der Waals surface area contributed by atoms with Crippen LogP contribution in [0.5, 0.6) is 0 Å². The fraction of sp³-hybridized carbons (Fsp3) is 0.100. The van der Waals surface area contributed by atoms with Crippen LogP contribution in [0, 0.1) is 5.41 Å². The summed E-state index contributed by atoms with van der Waals surface area (Å²) in [4.78, 5) is 5.17. The number of nitrogens with one attached hydrogen (secondary N) is 1. The van der Waals surface area contributed by atoms with Crippen LogP contribution in [0.15, 0.2) is 199 Å². The van der Waals surface area contributed by atoms with E-state index in [0.29, 0.717) is 5.71 Å². The Morgan fingerprint density at radius 1 is 0.435 bits per heavy atom. The van der Waals surface area contributed by atoms with Crippen LogP contribution in [0.2, 0.25) is 0 Å². The molecule has 296 valence electrons. The molecule has 9 aromatic carbocycles. The minimum Gasteiger partial charge on any atom is -0.300 e. The Labute approximate surface area is 364 Å². The lowest BCUT2D eigenvalue weighted by Crippen LogP contribution is -2.15. The van der Waals surface area contributed by atoms with E-state index in [-0.39, 0.29) is 10.8 Å². The van der Waals surface area contributed by atoms with Crippen molar-refractivity contribution in [1.82, 2.24) is 0 Å². The Kier molecular flexibility index (Phi) is 8.70. The average Bonchev–Trinajstić information content (AvgIpc) is 3.69. The molecule has 2 heteroatoms. The zero-order valence-corrected chi connectivity index (χ0v) is 35.5. The van der Waals surface area contributed by atoms with Crippen molar-refractivity contribution >= 4 is 39.2 Å². The molecule has 1 N–H and O–H groups in total. The molecule has 0 saturated heterocycles. The number of hydrogen-bond donors (Lipinski definition) is 1. The van der Waals surface area contributed by atoms with Crippen LogP contribution in [0.1, 0.15) is 66.6 Å². The van der Waals surface area contributed by atoms with Gasteiger partial charge in [-0.25, -0.2) is 0 Å². The molecule has 0 saturated carbocycles. The summed E-state index contributed by atoms with van der Waals surface area (Å²) in [5, 5.41) is 14.6. The van der Waals surface area contributed by atoms with Crippen molar-refractivity contribution in [2.75, 3.05) is 0 Å². The zero-order valence-electron chi connectivity index (χ0n) is 35.5. The third-order valence-electron chi connectivity index (χ3n) is 13.6. The summed E-state index contributed by atoms with van der Waals surface area (Å²) in [5.41, 5.74) is 18.9. The molecular formula is C60H46N2. The Balaban J connectivity index is 1.01. The van der Waals surface area contributed by atoms with Gasteiger partial charge in [0, 0.05) is 28.2 Å². The Morgan fingerprint density at radius 3 is 1.92 bits per heavy atom. The maximum absolute atomic E-state index is 9.72. The first kappa shape index (κ1) is 37.6. The maximum Gasteiger partial charge on any atom is 0.0729 e. The van der Waals surface area contributed by atoms with Crippen molar-refractivity contribution in [3.8, 4) is 44.5 Å². The summed E-state index contributed by atoms with van der Waals surface area (Å²) >= 11 is 0. The molecule has 0 aromatic heterocycles. The van der Waals surface area contributed by atoms with Crippen LogP contribution < -0.4 is 0 Å². The van der Waals surface area contributed by atoms with Gasteiger partial charge in [0.05, 0.1) is 11.4 Å². The molecule has 0 spiro atoms. The number of hydrogen-bond acceptors (Lipinski definition) is 2. The first-order chi connectivity index (χ1) is 30.2. The maximum atomic E-state index is 9.72. The van der Waals surface area contributed by atoms with E-state index in [1.54, 1.807) is 0 Å². The monoisotopic (exact) mass is 794 g/mol. The molecule has 62 heavy (non-hydrogen) atoms. The average molecular weight is 795 g/mol.